The first-order chi connectivity index (χ1) is 7.32. The number of carboxylic acid groups (broad SMARTS) is 1. The first-order valence-corrected chi connectivity index (χ1v) is 5.53. The molecule has 0 saturated carbocycles. The molecule has 5 nitrogen and oxygen atoms in total. The van der Waals surface area contributed by atoms with Crippen molar-refractivity contribution in [3.63, 3.8) is 0 Å². The number of hydrogen-bond donors (Lipinski definition) is 3. The van der Waals surface area contributed by atoms with Gasteiger partial charge in [0.25, 0.3) is 0 Å². The molecule has 0 rings (SSSR count). The molecule has 0 radical (unpaired) electrons. The molecule has 94 valence electrons. The molecule has 0 aromatic rings. The SMILES string of the molecule is CC(C)CC(NC(=O)CCC(C)O)C(=O)O. The lowest BCUT2D eigenvalue weighted by Gasteiger charge is -2.16. The van der Waals surface area contributed by atoms with Crippen molar-refractivity contribution in [3.05, 3.63) is 0 Å². The highest BCUT2D eigenvalue weighted by Crippen LogP contribution is 2.05. The summed E-state index contributed by atoms with van der Waals surface area (Å²) in [6.07, 6.45) is 0.369. The maximum absolute atomic E-state index is 11.4. The Labute approximate surface area is 95.9 Å². The lowest BCUT2D eigenvalue weighted by atomic mass is 10.0. The smallest absolute Gasteiger partial charge is 0.326 e. The number of hydrogen-bond acceptors (Lipinski definition) is 3. The predicted molar refractivity (Wildman–Crippen MR) is 59.9 cm³/mol. The predicted octanol–water partition coefficient (Wildman–Crippen LogP) is 0.763. The van der Waals surface area contributed by atoms with Crippen LogP contribution in [0.25, 0.3) is 0 Å². The normalized spacial score (nSPS) is 14.6. The quantitative estimate of drug-likeness (QED) is 0.604. The maximum atomic E-state index is 11.4. The van der Waals surface area contributed by atoms with Gasteiger partial charge in [0.1, 0.15) is 6.04 Å². The Morgan fingerprint density at radius 3 is 2.19 bits per heavy atom. The van der Waals surface area contributed by atoms with Gasteiger partial charge in [0.15, 0.2) is 0 Å². The fourth-order valence-corrected chi connectivity index (χ4v) is 1.30. The van der Waals surface area contributed by atoms with E-state index in [1.54, 1.807) is 6.92 Å². The third-order valence-electron chi connectivity index (χ3n) is 2.13. The van der Waals surface area contributed by atoms with Gasteiger partial charge in [0.2, 0.25) is 5.91 Å². The van der Waals surface area contributed by atoms with E-state index in [0.29, 0.717) is 12.8 Å². The maximum Gasteiger partial charge on any atom is 0.326 e. The fraction of sp³-hybridized carbons (Fsp3) is 0.818. The highest BCUT2D eigenvalue weighted by Gasteiger charge is 2.20. The third-order valence-corrected chi connectivity index (χ3v) is 2.13. The number of aliphatic hydroxyl groups excluding tert-OH is 1. The van der Waals surface area contributed by atoms with E-state index in [0.717, 1.165) is 0 Å². The van der Waals surface area contributed by atoms with E-state index in [1.165, 1.54) is 0 Å². The van der Waals surface area contributed by atoms with E-state index in [1.807, 2.05) is 13.8 Å². The molecule has 2 atom stereocenters. The molecule has 3 N–H and O–H groups in total. The summed E-state index contributed by atoms with van der Waals surface area (Å²) < 4.78 is 0. The van der Waals surface area contributed by atoms with Gasteiger partial charge in [-0.05, 0) is 25.7 Å². The summed E-state index contributed by atoms with van der Waals surface area (Å²) in [5, 5.41) is 20.3. The summed E-state index contributed by atoms with van der Waals surface area (Å²) in [5.41, 5.74) is 0. The summed E-state index contributed by atoms with van der Waals surface area (Å²) >= 11 is 0. The van der Waals surface area contributed by atoms with Crippen LogP contribution in [0.15, 0.2) is 0 Å². The van der Waals surface area contributed by atoms with Gasteiger partial charge in [-0.1, -0.05) is 13.8 Å². The second kappa shape index (κ2) is 7.22. The molecule has 1 amide bonds. The van der Waals surface area contributed by atoms with Crippen molar-refractivity contribution >= 4 is 11.9 Å². The molecule has 0 aliphatic carbocycles. The summed E-state index contributed by atoms with van der Waals surface area (Å²) in [5.74, 6) is -1.13. The van der Waals surface area contributed by atoms with Gasteiger partial charge in [-0.2, -0.15) is 0 Å². The summed E-state index contributed by atoms with van der Waals surface area (Å²) in [7, 11) is 0. The summed E-state index contributed by atoms with van der Waals surface area (Å²) in [6, 6.07) is -0.832. The van der Waals surface area contributed by atoms with Crippen LogP contribution in [0.2, 0.25) is 0 Å². The zero-order valence-corrected chi connectivity index (χ0v) is 10.1. The van der Waals surface area contributed by atoms with E-state index in [-0.39, 0.29) is 18.2 Å². The number of amides is 1. The number of carboxylic acids is 1. The first kappa shape index (κ1) is 14.9. The van der Waals surface area contributed by atoms with Crippen molar-refractivity contribution in [1.82, 2.24) is 5.32 Å². The van der Waals surface area contributed by atoms with Crippen LogP contribution >= 0.6 is 0 Å². The highest BCUT2D eigenvalue weighted by atomic mass is 16.4. The molecule has 0 aromatic carbocycles. The molecule has 0 bridgehead atoms. The van der Waals surface area contributed by atoms with Crippen LogP contribution in [0.3, 0.4) is 0 Å². The molecule has 0 aromatic heterocycles. The Balaban J connectivity index is 4.08. The minimum absolute atomic E-state index is 0.152. The number of aliphatic carboxylic acids is 1. The molecule has 5 heteroatoms. The Kier molecular flexibility index (Phi) is 6.72. The summed E-state index contributed by atoms with van der Waals surface area (Å²) in [6.45, 7) is 5.39. The van der Waals surface area contributed by atoms with Crippen LogP contribution in [0.5, 0.6) is 0 Å². The molecular weight excluding hydrogens is 210 g/mol. The second-order valence-corrected chi connectivity index (χ2v) is 4.48. The van der Waals surface area contributed by atoms with Gasteiger partial charge in [0.05, 0.1) is 6.10 Å². The van der Waals surface area contributed by atoms with Crippen molar-refractivity contribution < 1.29 is 19.8 Å². The first-order valence-electron chi connectivity index (χ1n) is 5.53. The van der Waals surface area contributed by atoms with Crippen LogP contribution in [-0.2, 0) is 9.59 Å². The largest absolute Gasteiger partial charge is 0.480 e. The molecule has 2 unspecified atom stereocenters. The number of nitrogens with one attached hydrogen (secondary N) is 1. The molecule has 16 heavy (non-hydrogen) atoms. The molecule has 0 aliphatic heterocycles. The fourth-order valence-electron chi connectivity index (χ4n) is 1.30. The molecule has 0 saturated heterocycles. The number of carbonyl (C=O) groups is 2. The van der Waals surface area contributed by atoms with Crippen molar-refractivity contribution in [1.29, 1.82) is 0 Å². The van der Waals surface area contributed by atoms with Crippen LogP contribution < -0.4 is 5.32 Å². The van der Waals surface area contributed by atoms with E-state index >= 15 is 0 Å². The number of carbonyl (C=O) groups excluding carboxylic acids is 1. The van der Waals surface area contributed by atoms with E-state index in [9.17, 15) is 9.59 Å². The average Bonchev–Trinajstić information content (AvgIpc) is 2.12. The highest BCUT2D eigenvalue weighted by molar-refractivity contribution is 5.83. The average molecular weight is 231 g/mol. The standard InChI is InChI=1S/C11H21NO4/c1-7(2)6-9(11(15)16)12-10(14)5-4-8(3)13/h7-9,13H,4-6H2,1-3H3,(H,12,14)(H,15,16). The minimum atomic E-state index is -1.01. The molecule has 0 fully saturated rings. The Morgan fingerprint density at radius 2 is 1.81 bits per heavy atom. The number of aliphatic hydroxyl groups is 1. The molecule has 0 heterocycles. The van der Waals surface area contributed by atoms with Gasteiger partial charge < -0.3 is 15.5 Å². The Hall–Kier alpha value is -1.10. The Morgan fingerprint density at radius 1 is 1.25 bits per heavy atom. The Bertz CT molecular complexity index is 238. The van der Waals surface area contributed by atoms with Gasteiger partial charge in [0, 0.05) is 6.42 Å². The topological polar surface area (TPSA) is 86.6 Å². The summed E-state index contributed by atoms with van der Waals surface area (Å²) in [4.78, 5) is 22.2. The van der Waals surface area contributed by atoms with E-state index in [2.05, 4.69) is 5.32 Å². The lowest BCUT2D eigenvalue weighted by molar-refractivity contribution is -0.142. The van der Waals surface area contributed by atoms with Crippen molar-refractivity contribution in [2.75, 3.05) is 0 Å². The van der Waals surface area contributed by atoms with Crippen LogP contribution in [-0.4, -0.2) is 34.2 Å². The molecule has 0 aliphatic rings. The minimum Gasteiger partial charge on any atom is -0.480 e. The monoisotopic (exact) mass is 231 g/mol. The van der Waals surface area contributed by atoms with Gasteiger partial charge in [-0.25, -0.2) is 4.79 Å². The van der Waals surface area contributed by atoms with Crippen LogP contribution in [0, 0.1) is 5.92 Å². The van der Waals surface area contributed by atoms with Crippen LogP contribution in [0.1, 0.15) is 40.0 Å². The lowest BCUT2D eigenvalue weighted by Crippen LogP contribution is -2.41. The number of rotatable bonds is 7. The van der Waals surface area contributed by atoms with E-state index < -0.39 is 18.1 Å². The molecule has 0 spiro atoms. The van der Waals surface area contributed by atoms with Crippen molar-refractivity contribution in [2.24, 2.45) is 5.92 Å². The second-order valence-electron chi connectivity index (χ2n) is 4.48. The van der Waals surface area contributed by atoms with E-state index in [4.69, 9.17) is 10.2 Å². The zero-order chi connectivity index (χ0) is 12.7. The third kappa shape index (κ3) is 7.23. The van der Waals surface area contributed by atoms with Gasteiger partial charge >= 0.3 is 5.97 Å². The van der Waals surface area contributed by atoms with Crippen LogP contribution in [0.4, 0.5) is 0 Å². The zero-order valence-electron chi connectivity index (χ0n) is 10.1. The van der Waals surface area contributed by atoms with Gasteiger partial charge in [-0.3, -0.25) is 4.79 Å². The van der Waals surface area contributed by atoms with Crippen molar-refractivity contribution in [2.45, 2.75) is 52.2 Å². The molecular formula is C11H21NO4. The van der Waals surface area contributed by atoms with Crippen molar-refractivity contribution in [3.8, 4) is 0 Å². The van der Waals surface area contributed by atoms with Gasteiger partial charge in [-0.15, -0.1) is 0 Å².